The Morgan fingerprint density at radius 1 is 1.42 bits per heavy atom. The first-order valence-electron chi connectivity index (χ1n) is 7.55. The predicted octanol–water partition coefficient (Wildman–Crippen LogP) is 0.593. The summed E-state index contributed by atoms with van der Waals surface area (Å²) >= 11 is 1.32. The summed E-state index contributed by atoms with van der Waals surface area (Å²) in [5.74, 6) is -1.37. The molecule has 1 aliphatic carbocycles. The smallest absolute Gasteiger partial charge is 0.322 e. The minimum Gasteiger partial charge on any atom is -0.480 e. The van der Waals surface area contributed by atoms with Crippen molar-refractivity contribution in [2.45, 2.75) is 50.6 Å². The highest BCUT2D eigenvalue weighted by atomic mass is 32.2. The van der Waals surface area contributed by atoms with Crippen molar-refractivity contribution >= 4 is 33.2 Å². The summed E-state index contributed by atoms with van der Waals surface area (Å²) < 4.78 is 24.7. The van der Waals surface area contributed by atoms with E-state index in [1.807, 2.05) is 0 Å². The van der Waals surface area contributed by atoms with Crippen LogP contribution in [0.15, 0.2) is 6.20 Å². The van der Waals surface area contributed by atoms with E-state index in [1.54, 1.807) is 6.20 Å². The molecule has 1 fully saturated rings. The predicted molar refractivity (Wildman–Crippen MR) is 89.2 cm³/mol. The Morgan fingerprint density at radius 3 is 2.54 bits per heavy atom. The van der Waals surface area contributed by atoms with E-state index in [0.29, 0.717) is 4.88 Å². The van der Waals surface area contributed by atoms with Gasteiger partial charge >= 0.3 is 5.97 Å². The number of nitrogens with one attached hydrogen (secondary N) is 2. The van der Waals surface area contributed by atoms with E-state index < -0.39 is 27.6 Å². The summed E-state index contributed by atoms with van der Waals surface area (Å²) in [6.07, 6.45) is 6.06. The third-order valence-electron chi connectivity index (χ3n) is 3.90. The largest absolute Gasteiger partial charge is 0.480 e. The van der Waals surface area contributed by atoms with Crippen LogP contribution >= 0.6 is 11.3 Å². The molecule has 1 amide bonds. The summed E-state index contributed by atoms with van der Waals surface area (Å²) in [7, 11) is -3.63. The summed E-state index contributed by atoms with van der Waals surface area (Å²) in [4.78, 5) is 27.8. The van der Waals surface area contributed by atoms with E-state index in [1.165, 1.54) is 18.3 Å². The van der Waals surface area contributed by atoms with Crippen LogP contribution in [0.2, 0.25) is 0 Å². The van der Waals surface area contributed by atoms with Crippen molar-refractivity contribution < 1.29 is 23.1 Å². The minimum absolute atomic E-state index is 0.0101. The molecule has 0 spiro atoms. The summed E-state index contributed by atoms with van der Waals surface area (Å²) in [5.41, 5.74) is -0.488. The van der Waals surface area contributed by atoms with Gasteiger partial charge in [-0.05, 0) is 12.8 Å². The van der Waals surface area contributed by atoms with Gasteiger partial charge in [-0.15, -0.1) is 11.3 Å². The molecule has 1 saturated carbocycles. The standard InChI is InChI=1S/C14H21N3O5S2/c1-9(18)16-14(5-3-4-6-14)13-15-8-10(23-13)7-11(12(19)20)17-24(2,21)22/h8,11,17H,3-7H2,1-2H3,(H,16,18)(H,19,20). The average molecular weight is 375 g/mol. The monoisotopic (exact) mass is 375 g/mol. The van der Waals surface area contributed by atoms with Crippen molar-refractivity contribution in [1.82, 2.24) is 15.0 Å². The Morgan fingerprint density at radius 2 is 2.04 bits per heavy atom. The topological polar surface area (TPSA) is 125 Å². The second-order valence-electron chi connectivity index (χ2n) is 6.09. The number of thiazole rings is 1. The molecular formula is C14H21N3O5S2. The van der Waals surface area contributed by atoms with Gasteiger partial charge in [-0.3, -0.25) is 9.59 Å². The Kier molecular flexibility index (Phi) is 5.61. The van der Waals surface area contributed by atoms with Crippen LogP contribution < -0.4 is 10.0 Å². The molecule has 1 aromatic rings. The molecule has 1 aliphatic rings. The molecule has 10 heteroatoms. The lowest BCUT2D eigenvalue weighted by atomic mass is 9.98. The molecule has 8 nitrogen and oxygen atoms in total. The van der Waals surface area contributed by atoms with Crippen molar-refractivity contribution in [2.24, 2.45) is 0 Å². The molecule has 0 radical (unpaired) electrons. The number of nitrogens with zero attached hydrogens (tertiary/aromatic N) is 1. The van der Waals surface area contributed by atoms with E-state index in [0.717, 1.165) is 36.9 Å². The highest BCUT2D eigenvalue weighted by Gasteiger charge is 2.39. The number of carbonyl (C=O) groups is 2. The summed E-state index contributed by atoms with van der Waals surface area (Å²) in [6.45, 7) is 1.46. The fraction of sp³-hybridized carbons (Fsp3) is 0.643. The van der Waals surface area contributed by atoms with E-state index >= 15 is 0 Å². The maximum absolute atomic E-state index is 11.5. The van der Waals surface area contributed by atoms with Crippen LogP contribution in [0.1, 0.15) is 42.5 Å². The first-order valence-corrected chi connectivity index (χ1v) is 10.3. The molecule has 134 valence electrons. The average Bonchev–Trinajstić information content (AvgIpc) is 3.05. The quantitative estimate of drug-likeness (QED) is 0.640. The van der Waals surface area contributed by atoms with E-state index in [4.69, 9.17) is 0 Å². The van der Waals surface area contributed by atoms with Gasteiger partial charge in [0.25, 0.3) is 0 Å². The van der Waals surface area contributed by atoms with Gasteiger partial charge in [0.2, 0.25) is 15.9 Å². The molecule has 1 aromatic heterocycles. The van der Waals surface area contributed by atoms with Crippen molar-refractivity contribution in [2.75, 3.05) is 6.26 Å². The van der Waals surface area contributed by atoms with Crippen molar-refractivity contribution in [1.29, 1.82) is 0 Å². The Hall–Kier alpha value is -1.52. The molecular weight excluding hydrogens is 354 g/mol. The SMILES string of the molecule is CC(=O)NC1(c2ncc(CC(NS(C)(=O)=O)C(=O)O)s2)CCCC1. The molecule has 2 rings (SSSR count). The first-order chi connectivity index (χ1) is 11.1. The van der Waals surface area contributed by atoms with Crippen LogP contribution in [0.3, 0.4) is 0 Å². The number of amides is 1. The molecule has 0 aliphatic heterocycles. The molecule has 3 N–H and O–H groups in total. The lowest BCUT2D eigenvalue weighted by Crippen LogP contribution is -2.42. The maximum Gasteiger partial charge on any atom is 0.322 e. The summed E-state index contributed by atoms with van der Waals surface area (Å²) in [5, 5.41) is 12.9. The molecule has 1 heterocycles. The number of aromatic nitrogens is 1. The third kappa shape index (κ3) is 4.74. The van der Waals surface area contributed by atoms with Gasteiger partial charge in [0.15, 0.2) is 0 Å². The fourth-order valence-electron chi connectivity index (χ4n) is 2.97. The zero-order valence-electron chi connectivity index (χ0n) is 13.5. The number of carboxylic acid groups (broad SMARTS) is 1. The van der Waals surface area contributed by atoms with Crippen LogP contribution in [-0.4, -0.2) is 42.7 Å². The van der Waals surface area contributed by atoms with Gasteiger partial charge < -0.3 is 10.4 Å². The third-order valence-corrected chi connectivity index (χ3v) is 5.83. The van der Waals surface area contributed by atoms with Crippen LogP contribution in [0.4, 0.5) is 0 Å². The number of hydrogen-bond acceptors (Lipinski definition) is 6. The van der Waals surface area contributed by atoms with Crippen LogP contribution in [0.25, 0.3) is 0 Å². The second kappa shape index (κ2) is 7.16. The lowest BCUT2D eigenvalue weighted by Gasteiger charge is -2.27. The van der Waals surface area contributed by atoms with Gasteiger partial charge in [0.05, 0.1) is 11.8 Å². The van der Waals surface area contributed by atoms with E-state index in [2.05, 4.69) is 15.0 Å². The fourth-order valence-corrected chi connectivity index (χ4v) is 4.83. The number of sulfonamides is 1. The minimum atomic E-state index is -3.63. The van der Waals surface area contributed by atoms with Gasteiger partial charge in [-0.1, -0.05) is 12.8 Å². The van der Waals surface area contributed by atoms with Crippen molar-refractivity contribution in [3.8, 4) is 0 Å². The maximum atomic E-state index is 11.5. The normalized spacial score (nSPS) is 18.2. The van der Waals surface area contributed by atoms with E-state index in [-0.39, 0.29) is 12.3 Å². The molecule has 0 bridgehead atoms. The van der Waals surface area contributed by atoms with Crippen LogP contribution in [0.5, 0.6) is 0 Å². The zero-order valence-corrected chi connectivity index (χ0v) is 15.2. The highest BCUT2D eigenvalue weighted by molar-refractivity contribution is 7.88. The Balaban J connectivity index is 2.19. The molecule has 24 heavy (non-hydrogen) atoms. The Labute approximate surface area is 144 Å². The Bertz CT molecular complexity index is 723. The number of carbonyl (C=O) groups excluding carboxylic acids is 1. The van der Waals surface area contributed by atoms with Gasteiger partial charge in [0, 0.05) is 24.4 Å². The molecule has 1 atom stereocenters. The number of carboxylic acids is 1. The molecule has 0 saturated heterocycles. The summed E-state index contributed by atoms with van der Waals surface area (Å²) in [6, 6.07) is -1.24. The lowest BCUT2D eigenvalue weighted by molar-refractivity contribution is -0.138. The number of rotatable bonds is 7. The van der Waals surface area contributed by atoms with E-state index in [9.17, 15) is 23.1 Å². The number of aliphatic carboxylic acids is 1. The zero-order chi connectivity index (χ0) is 18.0. The molecule has 0 aromatic carbocycles. The second-order valence-corrected chi connectivity index (χ2v) is 8.98. The first kappa shape index (κ1) is 18.8. The van der Waals surface area contributed by atoms with Gasteiger partial charge in [-0.25, -0.2) is 18.1 Å². The van der Waals surface area contributed by atoms with Crippen LogP contribution in [-0.2, 0) is 31.6 Å². The van der Waals surface area contributed by atoms with Gasteiger partial charge in [0.1, 0.15) is 11.0 Å². The van der Waals surface area contributed by atoms with Gasteiger partial charge in [-0.2, -0.15) is 0 Å². The van der Waals surface area contributed by atoms with Crippen LogP contribution in [0, 0.1) is 0 Å². The van der Waals surface area contributed by atoms with Crippen molar-refractivity contribution in [3.05, 3.63) is 16.1 Å². The number of hydrogen-bond donors (Lipinski definition) is 3. The molecule has 1 unspecified atom stereocenters. The van der Waals surface area contributed by atoms with Crippen molar-refractivity contribution in [3.63, 3.8) is 0 Å². The highest BCUT2D eigenvalue weighted by Crippen LogP contribution is 2.40.